The zero-order valence-electron chi connectivity index (χ0n) is 16.6. The number of carbonyl (C=O) groups excluding carboxylic acids is 1. The highest BCUT2D eigenvalue weighted by Gasteiger charge is 2.45. The van der Waals surface area contributed by atoms with Crippen molar-refractivity contribution in [3.8, 4) is 0 Å². The van der Waals surface area contributed by atoms with Gasteiger partial charge in [-0.1, -0.05) is 38.5 Å². The van der Waals surface area contributed by atoms with Gasteiger partial charge in [0, 0.05) is 18.7 Å². The van der Waals surface area contributed by atoms with Crippen molar-refractivity contribution in [3.63, 3.8) is 0 Å². The lowest BCUT2D eigenvalue weighted by Crippen LogP contribution is -2.64. The highest BCUT2D eigenvalue weighted by Crippen LogP contribution is 2.35. The van der Waals surface area contributed by atoms with E-state index in [1.807, 2.05) is 6.92 Å². The van der Waals surface area contributed by atoms with E-state index in [-0.39, 0.29) is 18.4 Å². The molecule has 2 aliphatic carbocycles. The SMILES string of the molecule is CCOC(=O)C1=CNN2C(OC3CCCCC3)CC(C3CCCCC3)NC12. The van der Waals surface area contributed by atoms with Crippen LogP contribution in [0, 0.1) is 5.92 Å². The van der Waals surface area contributed by atoms with Gasteiger partial charge in [0.25, 0.3) is 0 Å². The summed E-state index contributed by atoms with van der Waals surface area (Å²) < 4.78 is 11.9. The van der Waals surface area contributed by atoms with Crippen LogP contribution >= 0.6 is 0 Å². The maximum absolute atomic E-state index is 12.4. The average molecular weight is 378 g/mol. The summed E-state index contributed by atoms with van der Waals surface area (Å²) in [5, 5.41) is 5.85. The van der Waals surface area contributed by atoms with Crippen molar-refractivity contribution in [2.24, 2.45) is 5.92 Å². The number of hydrogen-bond donors (Lipinski definition) is 2. The van der Waals surface area contributed by atoms with Gasteiger partial charge in [0.2, 0.25) is 0 Å². The Bertz CT molecular complexity index is 541. The van der Waals surface area contributed by atoms with Crippen LogP contribution in [0.2, 0.25) is 0 Å². The van der Waals surface area contributed by atoms with Gasteiger partial charge in [-0.15, -0.1) is 0 Å². The van der Waals surface area contributed by atoms with E-state index >= 15 is 0 Å². The van der Waals surface area contributed by atoms with Crippen LogP contribution in [0.5, 0.6) is 0 Å². The molecule has 6 heteroatoms. The minimum Gasteiger partial charge on any atom is -0.463 e. The molecule has 2 saturated carbocycles. The predicted molar refractivity (Wildman–Crippen MR) is 103 cm³/mol. The topological polar surface area (TPSA) is 62.8 Å². The number of fused-ring (bicyclic) bond motifs is 1. The van der Waals surface area contributed by atoms with Gasteiger partial charge in [-0.3, -0.25) is 5.32 Å². The van der Waals surface area contributed by atoms with E-state index in [1.165, 1.54) is 51.4 Å². The third-order valence-corrected chi connectivity index (χ3v) is 6.71. The molecule has 0 amide bonds. The quantitative estimate of drug-likeness (QED) is 0.718. The van der Waals surface area contributed by atoms with Crippen LogP contribution in [-0.2, 0) is 14.3 Å². The second-order valence-electron chi connectivity index (χ2n) is 8.52. The van der Waals surface area contributed by atoms with Gasteiger partial charge in [0.1, 0.15) is 12.4 Å². The first-order chi connectivity index (χ1) is 13.3. The number of hydrogen-bond acceptors (Lipinski definition) is 6. The second kappa shape index (κ2) is 8.93. The molecule has 0 aromatic rings. The zero-order valence-corrected chi connectivity index (χ0v) is 16.6. The van der Waals surface area contributed by atoms with Crippen molar-refractivity contribution < 1.29 is 14.3 Å². The summed E-state index contributed by atoms with van der Waals surface area (Å²) in [6.45, 7) is 2.25. The molecule has 1 saturated heterocycles. The number of ether oxygens (including phenoxy) is 2. The minimum absolute atomic E-state index is 0.00875. The van der Waals surface area contributed by atoms with Crippen LogP contribution < -0.4 is 10.7 Å². The fourth-order valence-electron chi connectivity index (χ4n) is 5.26. The molecule has 3 atom stereocenters. The Labute approximate surface area is 163 Å². The molecule has 6 nitrogen and oxygen atoms in total. The molecule has 2 aliphatic heterocycles. The van der Waals surface area contributed by atoms with Gasteiger partial charge in [0.05, 0.1) is 18.3 Å². The van der Waals surface area contributed by atoms with E-state index in [4.69, 9.17) is 9.47 Å². The van der Waals surface area contributed by atoms with Crippen LogP contribution in [0.1, 0.15) is 77.6 Å². The fourth-order valence-corrected chi connectivity index (χ4v) is 5.26. The standard InChI is InChI=1S/C21H35N3O3/c1-2-26-21(25)17-14-22-24-19(27-16-11-7-4-8-12-16)13-18(23-20(17)24)15-9-5-3-6-10-15/h14-16,18-20,22-23H,2-13H2,1H3. The van der Waals surface area contributed by atoms with E-state index < -0.39 is 0 Å². The van der Waals surface area contributed by atoms with Gasteiger partial charge in [-0.25, -0.2) is 4.79 Å². The van der Waals surface area contributed by atoms with Crippen LogP contribution in [0.3, 0.4) is 0 Å². The Morgan fingerprint density at radius 1 is 1.11 bits per heavy atom. The molecule has 0 radical (unpaired) electrons. The molecule has 27 heavy (non-hydrogen) atoms. The maximum atomic E-state index is 12.4. The van der Waals surface area contributed by atoms with Gasteiger partial charge < -0.3 is 14.9 Å². The number of rotatable bonds is 5. The van der Waals surface area contributed by atoms with Gasteiger partial charge in [-0.2, -0.15) is 5.01 Å². The van der Waals surface area contributed by atoms with Crippen molar-refractivity contribution in [1.29, 1.82) is 0 Å². The predicted octanol–water partition coefficient (Wildman–Crippen LogP) is 3.20. The molecule has 0 spiro atoms. The summed E-state index contributed by atoms with van der Waals surface area (Å²) >= 11 is 0. The molecule has 2 N–H and O–H groups in total. The van der Waals surface area contributed by atoms with Crippen LogP contribution in [0.4, 0.5) is 0 Å². The third kappa shape index (κ3) is 4.33. The molecule has 152 valence electrons. The lowest BCUT2D eigenvalue weighted by Gasteiger charge is -2.46. The molecule has 2 heterocycles. The third-order valence-electron chi connectivity index (χ3n) is 6.71. The molecule has 3 unspecified atom stereocenters. The first-order valence-electron chi connectivity index (χ1n) is 11.1. The van der Waals surface area contributed by atoms with Crippen LogP contribution in [0.15, 0.2) is 11.8 Å². The Morgan fingerprint density at radius 2 is 1.81 bits per heavy atom. The van der Waals surface area contributed by atoms with Crippen LogP contribution in [-0.4, -0.2) is 42.1 Å². The summed E-state index contributed by atoms with van der Waals surface area (Å²) in [5.41, 5.74) is 3.97. The smallest absolute Gasteiger partial charge is 0.338 e. The number of esters is 1. The molecule has 4 aliphatic rings. The highest BCUT2D eigenvalue weighted by molar-refractivity contribution is 5.90. The Hall–Kier alpha value is -1.11. The average Bonchev–Trinajstić information content (AvgIpc) is 3.14. The van der Waals surface area contributed by atoms with Crippen LogP contribution in [0.25, 0.3) is 0 Å². The monoisotopic (exact) mass is 377 g/mol. The number of hydrazine groups is 1. The first kappa shape index (κ1) is 19.2. The molecule has 3 fully saturated rings. The molecular formula is C21H35N3O3. The first-order valence-corrected chi connectivity index (χ1v) is 11.1. The van der Waals surface area contributed by atoms with Crippen molar-refractivity contribution in [2.45, 2.75) is 102 Å². The zero-order chi connectivity index (χ0) is 18.6. The normalized spacial score (nSPS) is 33.2. The van der Waals surface area contributed by atoms with Gasteiger partial charge >= 0.3 is 5.97 Å². The molecule has 0 bridgehead atoms. The minimum atomic E-state index is -0.231. The van der Waals surface area contributed by atoms with Gasteiger partial charge in [0.15, 0.2) is 0 Å². The second-order valence-corrected chi connectivity index (χ2v) is 8.52. The van der Waals surface area contributed by atoms with Gasteiger partial charge in [-0.05, 0) is 38.5 Å². The Kier molecular flexibility index (Phi) is 6.35. The maximum Gasteiger partial charge on any atom is 0.338 e. The summed E-state index contributed by atoms with van der Waals surface area (Å²) in [5.74, 6) is 0.452. The Balaban J connectivity index is 1.48. The number of nitrogens with zero attached hydrogens (tertiary/aromatic N) is 1. The van der Waals surface area contributed by atoms with E-state index in [9.17, 15) is 4.79 Å². The summed E-state index contributed by atoms with van der Waals surface area (Å²) in [6, 6.07) is 0.401. The lowest BCUT2D eigenvalue weighted by molar-refractivity contribution is -0.163. The molecule has 0 aromatic heterocycles. The fraction of sp³-hybridized carbons (Fsp3) is 0.857. The van der Waals surface area contributed by atoms with Crippen molar-refractivity contribution in [2.75, 3.05) is 6.61 Å². The summed E-state index contributed by atoms with van der Waals surface area (Å²) in [6.07, 6.45) is 15.7. The van der Waals surface area contributed by atoms with E-state index in [1.54, 1.807) is 6.20 Å². The van der Waals surface area contributed by atoms with Crippen molar-refractivity contribution in [1.82, 2.24) is 15.8 Å². The lowest BCUT2D eigenvalue weighted by atomic mass is 9.81. The van der Waals surface area contributed by atoms with E-state index in [0.29, 0.717) is 30.2 Å². The highest BCUT2D eigenvalue weighted by atomic mass is 16.5. The van der Waals surface area contributed by atoms with Crippen molar-refractivity contribution >= 4 is 5.97 Å². The summed E-state index contributed by atoms with van der Waals surface area (Å²) in [4.78, 5) is 12.4. The molecular weight excluding hydrogens is 342 g/mol. The van der Waals surface area contributed by atoms with E-state index in [0.717, 1.165) is 19.3 Å². The molecule has 0 aromatic carbocycles. The largest absolute Gasteiger partial charge is 0.463 e. The number of carbonyl (C=O) groups is 1. The number of nitrogens with one attached hydrogen (secondary N) is 2. The van der Waals surface area contributed by atoms with E-state index in [2.05, 4.69) is 15.8 Å². The summed E-state index contributed by atoms with van der Waals surface area (Å²) in [7, 11) is 0. The molecule has 4 rings (SSSR count). The van der Waals surface area contributed by atoms with Crippen molar-refractivity contribution in [3.05, 3.63) is 11.8 Å². The Morgan fingerprint density at radius 3 is 2.52 bits per heavy atom.